The van der Waals surface area contributed by atoms with Gasteiger partial charge in [-0.05, 0) is 38.1 Å². The van der Waals surface area contributed by atoms with Crippen molar-refractivity contribution in [3.8, 4) is 17.0 Å². The van der Waals surface area contributed by atoms with Gasteiger partial charge in [0, 0.05) is 17.8 Å². The first-order valence-electron chi connectivity index (χ1n) is 10.9. The minimum atomic E-state index is -4.51. The minimum Gasteiger partial charge on any atom is -0.497 e. The molecular formula is C25H28F3N5O2. The van der Waals surface area contributed by atoms with Gasteiger partial charge in [-0.2, -0.15) is 18.3 Å². The first kappa shape index (κ1) is 27.3. The highest BCUT2D eigenvalue weighted by Crippen LogP contribution is 2.30. The summed E-state index contributed by atoms with van der Waals surface area (Å²) in [5.41, 5.74) is 0.280. The lowest BCUT2D eigenvalue weighted by Gasteiger charge is -2.13. The molecule has 1 atom stereocenters. The molecule has 0 amide bonds. The second-order valence-corrected chi connectivity index (χ2v) is 7.03. The van der Waals surface area contributed by atoms with E-state index < -0.39 is 17.8 Å². The third-order valence-corrected chi connectivity index (χ3v) is 4.64. The first-order valence-corrected chi connectivity index (χ1v) is 10.9. The molecule has 0 aliphatic heterocycles. The maximum Gasteiger partial charge on any atom is 0.417 e. The van der Waals surface area contributed by atoms with E-state index >= 15 is 0 Å². The summed E-state index contributed by atoms with van der Waals surface area (Å²) in [5, 5.41) is 4.41. The summed E-state index contributed by atoms with van der Waals surface area (Å²) in [6.07, 6.45) is -2.03. The number of hydrogen-bond donors (Lipinski definition) is 1. The number of methoxy groups -OCH3 is 1. The molecule has 1 unspecified atom stereocenters. The lowest BCUT2D eigenvalue weighted by Crippen LogP contribution is -2.26. The molecule has 35 heavy (non-hydrogen) atoms. The number of benzene rings is 1. The summed E-state index contributed by atoms with van der Waals surface area (Å²) in [4.78, 5) is 23.2. The topological polar surface area (TPSA) is 85.7 Å². The van der Waals surface area contributed by atoms with Crippen LogP contribution < -0.4 is 10.3 Å². The van der Waals surface area contributed by atoms with Crippen molar-refractivity contribution in [3.05, 3.63) is 83.1 Å². The van der Waals surface area contributed by atoms with Gasteiger partial charge in [0.1, 0.15) is 17.6 Å². The van der Waals surface area contributed by atoms with Crippen LogP contribution in [0.5, 0.6) is 5.75 Å². The van der Waals surface area contributed by atoms with Gasteiger partial charge in [-0.25, -0.2) is 14.6 Å². The number of pyridine rings is 1. The van der Waals surface area contributed by atoms with Crippen LogP contribution in [0, 0.1) is 0 Å². The van der Waals surface area contributed by atoms with Gasteiger partial charge < -0.3 is 9.72 Å². The average Bonchev–Trinajstić information content (AvgIpc) is 3.29. The van der Waals surface area contributed by atoms with Gasteiger partial charge in [-0.15, -0.1) is 6.58 Å². The van der Waals surface area contributed by atoms with Crippen molar-refractivity contribution >= 4 is 11.2 Å². The summed E-state index contributed by atoms with van der Waals surface area (Å²) in [6.45, 7) is 10.9. The van der Waals surface area contributed by atoms with E-state index in [4.69, 9.17) is 4.74 Å². The zero-order chi connectivity index (χ0) is 26.2. The zero-order valence-corrected chi connectivity index (χ0v) is 20.2. The van der Waals surface area contributed by atoms with Crippen LogP contribution in [0.2, 0.25) is 0 Å². The first-order chi connectivity index (χ1) is 16.7. The number of hydrogen-bond acceptors (Lipinski definition) is 5. The third kappa shape index (κ3) is 6.56. The number of alkyl halides is 3. The molecule has 4 aromatic rings. The van der Waals surface area contributed by atoms with Crippen LogP contribution in [-0.2, 0) is 6.18 Å². The normalized spacial score (nSPS) is 11.5. The van der Waals surface area contributed by atoms with Crippen molar-refractivity contribution < 1.29 is 17.9 Å². The lowest BCUT2D eigenvalue weighted by molar-refractivity contribution is -0.137. The summed E-state index contributed by atoms with van der Waals surface area (Å²) < 4.78 is 45.2. The van der Waals surface area contributed by atoms with E-state index in [1.54, 1.807) is 44.4 Å². The highest BCUT2D eigenvalue weighted by Gasteiger charge is 2.31. The van der Waals surface area contributed by atoms with Gasteiger partial charge in [0.25, 0.3) is 5.56 Å². The van der Waals surface area contributed by atoms with Crippen LogP contribution in [0.15, 0.2) is 66.1 Å². The molecule has 0 aliphatic carbocycles. The molecule has 3 aromatic heterocycles. The number of rotatable bonds is 4. The minimum absolute atomic E-state index is 0.127. The van der Waals surface area contributed by atoms with Crippen molar-refractivity contribution in [2.75, 3.05) is 7.11 Å². The molecule has 4 rings (SSSR count). The Bertz CT molecular complexity index is 1330. The van der Waals surface area contributed by atoms with E-state index in [1.165, 1.54) is 10.7 Å². The molecule has 186 valence electrons. The number of ether oxygens (including phenoxy) is 1. The van der Waals surface area contributed by atoms with E-state index in [0.717, 1.165) is 17.8 Å². The summed E-state index contributed by atoms with van der Waals surface area (Å²) in [7, 11) is 1.55. The molecule has 1 aromatic carbocycles. The smallest absolute Gasteiger partial charge is 0.417 e. The number of H-pyrrole nitrogens is 1. The molecule has 0 saturated heterocycles. The van der Waals surface area contributed by atoms with Crippen molar-refractivity contribution in [1.82, 2.24) is 24.7 Å². The molecule has 0 fully saturated rings. The summed E-state index contributed by atoms with van der Waals surface area (Å²) >= 11 is 0. The Kier molecular flexibility index (Phi) is 9.33. The van der Waals surface area contributed by atoms with E-state index in [1.807, 2.05) is 26.8 Å². The number of allylic oxidation sites excluding steroid dienone is 1. The van der Waals surface area contributed by atoms with E-state index in [0.29, 0.717) is 11.4 Å². The van der Waals surface area contributed by atoms with E-state index in [-0.39, 0.29) is 22.5 Å². The lowest BCUT2D eigenvalue weighted by atomic mass is 10.1. The van der Waals surface area contributed by atoms with Crippen LogP contribution >= 0.6 is 0 Å². The van der Waals surface area contributed by atoms with Crippen LogP contribution in [0.1, 0.15) is 45.1 Å². The van der Waals surface area contributed by atoms with Crippen molar-refractivity contribution in [1.29, 1.82) is 0 Å². The number of fused-ring (bicyclic) bond motifs is 1. The van der Waals surface area contributed by atoms with Crippen LogP contribution in [0.25, 0.3) is 22.4 Å². The van der Waals surface area contributed by atoms with Crippen LogP contribution in [0.4, 0.5) is 13.2 Å². The second kappa shape index (κ2) is 12.0. The molecule has 0 spiro atoms. The molecule has 7 nitrogen and oxygen atoms in total. The number of aromatic nitrogens is 5. The molecule has 0 radical (unpaired) electrons. The predicted molar refractivity (Wildman–Crippen MR) is 130 cm³/mol. The van der Waals surface area contributed by atoms with Crippen molar-refractivity contribution in [2.24, 2.45) is 0 Å². The van der Waals surface area contributed by atoms with Crippen LogP contribution in [-0.4, -0.2) is 31.8 Å². The fourth-order valence-electron chi connectivity index (χ4n) is 3.03. The fourth-order valence-corrected chi connectivity index (χ4v) is 3.03. The van der Waals surface area contributed by atoms with Crippen LogP contribution in [0.3, 0.4) is 0 Å². The van der Waals surface area contributed by atoms with Gasteiger partial charge >= 0.3 is 6.18 Å². The molecule has 0 aliphatic rings. The fraction of sp³-hybridized carbons (Fsp3) is 0.280. The zero-order valence-electron chi connectivity index (χ0n) is 20.2. The molecule has 10 heteroatoms. The molecular weight excluding hydrogens is 459 g/mol. The monoisotopic (exact) mass is 487 g/mol. The number of halogens is 3. The Balaban J connectivity index is 0.000000803. The summed E-state index contributed by atoms with van der Waals surface area (Å²) in [6, 6.07) is 10.5. The predicted octanol–water partition coefficient (Wildman–Crippen LogP) is 6.04. The highest BCUT2D eigenvalue weighted by atomic mass is 19.4. The maximum absolute atomic E-state index is 12.9. The molecule has 0 bridgehead atoms. The Morgan fingerprint density at radius 2 is 1.86 bits per heavy atom. The van der Waals surface area contributed by atoms with Gasteiger partial charge in [-0.1, -0.05) is 32.1 Å². The van der Waals surface area contributed by atoms with Gasteiger partial charge in [0.05, 0.1) is 23.9 Å². The quantitative estimate of drug-likeness (QED) is 0.355. The molecule has 1 N–H and O–H groups in total. The number of imidazole rings is 1. The standard InChI is InChI=1S/C20H16F3N5O2.C3H6.C2H6/c1-11(18-25-16-9-13(20(21,22)23)10-24-19(16)26-18)28-17(29)7-6-15(27-28)12-4-3-5-14(8-12)30-2;1-3-2;1-2/h3-11H,1-2H3,(H,24,25,26);3H,1H2,2H3;1-2H3. The van der Waals surface area contributed by atoms with E-state index in [9.17, 15) is 18.0 Å². The van der Waals surface area contributed by atoms with Gasteiger partial charge in [-0.3, -0.25) is 4.79 Å². The van der Waals surface area contributed by atoms with E-state index in [2.05, 4.69) is 26.6 Å². The van der Waals surface area contributed by atoms with Crippen molar-refractivity contribution in [2.45, 2.75) is 39.9 Å². The Morgan fingerprint density at radius 1 is 1.17 bits per heavy atom. The number of nitrogens with zero attached hydrogens (tertiary/aromatic N) is 4. The maximum atomic E-state index is 12.9. The van der Waals surface area contributed by atoms with Crippen molar-refractivity contribution in [3.63, 3.8) is 0 Å². The number of aromatic amines is 1. The Morgan fingerprint density at radius 3 is 2.49 bits per heavy atom. The third-order valence-electron chi connectivity index (χ3n) is 4.64. The SMILES string of the molecule is C=CC.CC.COc1cccc(-c2ccc(=O)n(C(C)c3nc4ncc(C(F)(F)F)cc4[nH]3)n2)c1. The molecule has 0 saturated carbocycles. The summed E-state index contributed by atoms with van der Waals surface area (Å²) in [5.74, 6) is 0.915. The Hall–Kier alpha value is -3.95. The number of nitrogens with one attached hydrogen (secondary N) is 1. The second-order valence-electron chi connectivity index (χ2n) is 7.03. The average molecular weight is 488 g/mol. The Labute approximate surface area is 201 Å². The highest BCUT2D eigenvalue weighted by molar-refractivity contribution is 5.71. The largest absolute Gasteiger partial charge is 0.497 e. The van der Waals surface area contributed by atoms with Gasteiger partial charge in [0.15, 0.2) is 5.65 Å². The van der Waals surface area contributed by atoms with Gasteiger partial charge in [0.2, 0.25) is 0 Å². The molecule has 3 heterocycles.